The van der Waals surface area contributed by atoms with Gasteiger partial charge in [-0.3, -0.25) is 0 Å². The molecular weight excluding hydrogens is 432 g/mol. The van der Waals surface area contributed by atoms with Gasteiger partial charge >= 0.3 is 0 Å². The van der Waals surface area contributed by atoms with Crippen molar-refractivity contribution in [2.45, 2.75) is 59.3 Å². The maximum Gasteiger partial charge on any atom is 0.162 e. The third kappa shape index (κ3) is 4.00. The number of rotatable bonds is 5. The standard InChI is InChI=1S/C22H29BrN4O2/c1-5-6-7-17-26-18-19(15-9-8-14(23)10-16(15)25-20(18)24)27(17)11-22(4)12-28-21(2,3)29-13-22/h8-10H,5-7,11-13H2,1-4H3,(H2,24,25). The molecule has 156 valence electrons. The van der Waals surface area contributed by atoms with Crippen molar-refractivity contribution >= 4 is 43.7 Å². The number of aryl methyl sites for hydroxylation is 1. The molecule has 0 amide bonds. The third-order valence-corrected chi connectivity index (χ3v) is 6.07. The molecule has 0 aliphatic carbocycles. The molecule has 1 aromatic carbocycles. The summed E-state index contributed by atoms with van der Waals surface area (Å²) in [6.45, 7) is 10.4. The molecule has 29 heavy (non-hydrogen) atoms. The highest BCUT2D eigenvalue weighted by atomic mass is 79.9. The molecule has 3 aromatic rings. The second-order valence-electron chi connectivity index (χ2n) is 8.86. The maximum atomic E-state index is 6.33. The van der Waals surface area contributed by atoms with Gasteiger partial charge in [0.05, 0.1) is 24.2 Å². The van der Waals surface area contributed by atoms with E-state index in [1.807, 2.05) is 26.0 Å². The summed E-state index contributed by atoms with van der Waals surface area (Å²) in [7, 11) is 0. The molecule has 1 saturated heterocycles. The number of ether oxygens (including phenoxy) is 2. The molecule has 1 aliphatic rings. The first kappa shape index (κ1) is 20.6. The number of unbranched alkanes of at least 4 members (excludes halogenated alkanes) is 1. The lowest BCUT2D eigenvalue weighted by atomic mass is 9.91. The number of halogens is 1. The lowest BCUT2D eigenvalue weighted by Gasteiger charge is -2.41. The van der Waals surface area contributed by atoms with Gasteiger partial charge in [0.1, 0.15) is 11.3 Å². The fourth-order valence-electron chi connectivity index (χ4n) is 3.88. The molecule has 0 atom stereocenters. The number of nitrogens with two attached hydrogens (primary N) is 1. The molecule has 6 nitrogen and oxygen atoms in total. The fourth-order valence-corrected chi connectivity index (χ4v) is 4.23. The van der Waals surface area contributed by atoms with Crippen LogP contribution in [0.2, 0.25) is 0 Å². The third-order valence-electron chi connectivity index (χ3n) is 5.58. The Bertz CT molecular complexity index is 1050. The molecule has 0 saturated carbocycles. The highest BCUT2D eigenvalue weighted by Gasteiger charge is 2.38. The van der Waals surface area contributed by atoms with Crippen LogP contribution in [0.3, 0.4) is 0 Å². The fraction of sp³-hybridized carbons (Fsp3) is 0.545. The average Bonchev–Trinajstić information content (AvgIpc) is 3.02. The summed E-state index contributed by atoms with van der Waals surface area (Å²) < 4.78 is 15.3. The van der Waals surface area contributed by atoms with Gasteiger partial charge in [-0.05, 0) is 38.5 Å². The summed E-state index contributed by atoms with van der Waals surface area (Å²) in [6, 6.07) is 6.14. The van der Waals surface area contributed by atoms with Crippen LogP contribution in [0, 0.1) is 5.41 Å². The smallest absolute Gasteiger partial charge is 0.162 e. The zero-order valence-electron chi connectivity index (χ0n) is 17.6. The van der Waals surface area contributed by atoms with Crippen LogP contribution in [0.4, 0.5) is 5.82 Å². The second-order valence-corrected chi connectivity index (χ2v) is 9.78. The summed E-state index contributed by atoms with van der Waals surface area (Å²) in [4.78, 5) is 9.53. The zero-order chi connectivity index (χ0) is 20.8. The van der Waals surface area contributed by atoms with Crippen LogP contribution in [-0.4, -0.2) is 33.5 Å². The summed E-state index contributed by atoms with van der Waals surface area (Å²) in [6.07, 6.45) is 3.10. The Morgan fingerprint density at radius 3 is 2.59 bits per heavy atom. The zero-order valence-corrected chi connectivity index (χ0v) is 19.2. The van der Waals surface area contributed by atoms with Crippen LogP contribution in [0.25, 0.3) is 21.9 Å². The van der Waals surface area contributed by atoms with E-state index in [4.69, 9.17) is 20.2 Å². The Morgan fingerprint density at radius 1 is 1.17 bits per heavy atom. The molecule has 0 radical (unpaired) electrons. The highest BCUT2D eigenvalue weighted by molar-refractivity contribution is 9.10. The SMILES string of the molecule is CCCCc1nc2c(N)nc3cc(Br)ccc3c2n1CC1(C)COC(C)(C)OC1. The van der Waals surface area contributed by atoms with Crippen LogP contribution in [-0.2, 0) is 22.4 Å². The number of hydrogen-bond acceptors (Lipinski definition) is 5. The Kier molecular flexibility index (Phi) is 5.34. The van der Waals surface area contributed by atoms with E-state index in [-0.39, 0.29) is 5.41 Å². The van der Waals surface area contributed by atoms with Gasteiger partial charge in [0.15, 0.2) is 11.6 Å². The van der Waals surface area contributed by atoms with Crippen LogP contribution in [0.5, 0.6) is 0 Å². The first-order valence-electron chi connectivity index (χ1n) is 10.2. The van der Waals surface area contributed by atoms with Gasteiger partial charge in [0.25, 0.3) is 0 Å². The quantitative estimate of drug-likeness (QED) is 0.575. The van der Waals surface area contributed by atoms with E-state index >= 15 is 0 Å². The van der Waals surface area contributed by atoms with Gasteiger partial charge in [-0.15, -0.1) is 0 Å². The molecule has 2 aromatic heterocycles. The number of nitrogen functional groups attached to an aromatic ring is 1. The van der Waals surface area contributed by atoms with E-state index in [0.29, 0.717) is 19.0 Å². The lowest BCUT2D eigenvalue weighted by molar-refractivity contribution is -0.284. The molecule has 0 unspecified atom stereocenters. The van der Waals surface area contributed by atoms with E-state index in [0.717, 1.165) is 58.0 Å². The number of pyridine rings is 1. The van der Waals surface area contributed by atoms with Crippen molar-refractivity contribution in [2.75, 3.05) is 18.9 Å². The molecular formula is C22H29BrN4O2. The average molecular weight is 461 g/mol. The number of benzene rings is 1. The Balaban J connectivity index is 1.86. The molecule has 4 rings (SSSR count). The number of aromatic nitrogens is 3. The number of nitrogens with zero attached hydrogens (tertiary/aromatic N) is 3. The monoisotopic (exact) mass is 460 g/mol. The molecule has 0 bridgehead atoms. The van der Waals surface area contributed by atoms with Crippen molar-refractivity contribution in [2.24, 2.45) is 5.41 Å². The van der Waals surface area contributed by atoms with Gasteiger partial charge in [0, 0.05) is 28.2 Å². The van der Waals surface area contributed by atoms with Gasteiger partial charge in [-0.2, -0.15) is 0 Å². The van der Waals surface area contributed by atoms with Crippen LogP contribution in [0.15, 0.2) is 22.7 Å². The van der Waals surface area contributed by atoms with Crippen molar-refractivity contribution in [1.29, 1.82) is 0 Å². The summed E-state index contributed by atoms with van der Waals surface area (Å²) >= 11 is 3.54. The van der Waals surface area contributed by atoms with Crippen LogP contribution < -0.4 is 5.73 Å². The Hall–Kier alpha value is -1.70. The van der Waals surface area contributed by atoms with Gasteiger partial charge in [-0.25, -0.2) is 9.97 Å². The van der Waals surface area contributed by atoms with Crippen LogP contribution in [0.1, 0.15) is 46.4 Å². The Morgan fingerprint density at radius 2 is 1.90 bits per heavy atom. The second kappa shape index (κ2) is 7.52. The molecule has 7 heteroatoms. The number of fused-ring (bicyclic) bond motifs is 3. The first-order valence-corrected chi connectivity index (χ1v) is 11.0. The van der Waals surface area contributed by atoms with Gasteiger partial charge < -0.3 is 19.8 Å². The first-order chi connectivity index (χ1) is 13.7. The number of anilines is 1. The van der Waals surface area contributed by atoms with Crippen molar-refractivity contribution in [3.05, 3.63) is 28.5 Å². The van der Waals surface area contributed by atoms with Crippen LogP contribution >= 0.6 is 15.9 Å². The van der Waals surface area contributed by atoms with Crippen molar-refractivity contribution in [1.82, 2.24) is 14.5 Å². The summed E-state index contributed by atoms with van der Waals surface area (Å²) in [5, 5.41) is 1.06. The van der Waals surface area contributed by atoms with E-state index in [1.165, 1.54) is 0 Å². The predicted molar refractivity (Wildman–Crippen MR) is 120 cm³/mol. The summed E-state index contributed by atoms with van der Waals surface area (Å²) in [5.41, 5.74) is 8.89. The van der Waals surface area contributed by atoms with Gasteiger partial charge in [0.2, 0.25) is 0 Å². The van der Waals surface area contributed by atoms with Gasteiger partial charge in [-0.1, -0.05) is 36.2 Å². The molecule has 1 aliphatic heterocycles. The molecule has 2 N–H and O–H groups in total. The minimum atomic E-state index is -0.533. The molecule has 3 heterocycles. The highest BCUT2D eigenvalue weighted by Crippen LogP contribution is 2.36. The van der Waals surface area contributed by atoms with Crippen molar-refractivity contribution in [3.63, 3.8) is 0 Å². The summed E-state index contributed by atoms with van der Waals surface area (Å²) in [5.74, 6) is 0.996. The van der Waals surface area contributed by atoms with E-state index in [2.05, 4.69) is 45.4 Å². The number of hydrogen-bond donors (Lipinski definition) is 1. The lowest BCUT2D eigenvalue weighted by Crippen LogP contribution is -2.47. The Labute approximate surface area is 179 Å². The predicted octanol–water partition coefficient (Wildman–Crippen LogP) is 5.06. The molecule has 0 spiro atoms. The minimum Gasteiger partial charge on any atom is -0.382 e. The minimum absolute atomic E-state index is 0.149. The van der Waals surface area contributed by atoms with E-state index in [9.17, 15) is 0 Å². The van der Waals surface area contributed by atoms with E-state index in [1.54, 1.807) is 0 Å². The number of imidazole rings is 1. The van der Waals surface area contributed by atoms with Crippen molar-refractivity contribution < 1.29 is 9.47 Å². The largest absolute Gasteiger partial charge is 0.382 e. The molecule has 1 fully saturated rings. The van der Waals surface area contributed by atoms with E-state index < -0.39 is 5.79 Å². The topological polar surface area (TPSA) is 75.2 Å². The maximum absolute atomic E-state index is 6.33. The normalized spacial score (nSPS) is 18.5. The van der Waals surface area contributed by atoms with Crippen molar-refractivity contribution in [3.8, 4) is 0 Å².